The molecule has 0 spiro atoms. The van der Waals surface area contributed by atoms with Crippen LogP contribution in [0.15, 0.2) is 65.5 Å². The summed E-state index contributed by atoms with van der Waals surface area (Å²) in [4.78, 5) is 27.2. The van der Waals surface area contributed by atoms with Crippen LogP contribution in [0, 0.1) is 0 Å². The second kappa shape index (κ2) is 7.96. The molecule has 0 atom stereocenters. The van der Waals surface area contributed by atoms with Crippen LogP contribution in [-0.4, -0.2) is 32.2 Å². The highest BCUT2D eigenvalue weighted by Gasteiger charge is 2.15. The summed E-state index contributed by atoms with van der Waals surface area (Å²) in [5, 5.41) is 0.953. The van der Waals surface area contributed by atoms with Crippen LogP contribution in [0.5, 0.6) is 0 Å². The average molecular weight is 392 g/mol. The van der Waals surface area contributed by atoms with Gasteiger partial charge in [-0.25, -0.2) is 0 Å². The van der Waals surface area contributed by atoms with Crippen LogP contribution in [0.1, 0.15) is 10.4 Å². The van der Waals surface area contributed by atoms with Crippen molar-refractivity contribution >= 4 is 22.2 Å². The molecule has 1 aliphatic heterocycles. The second-order valence-corrected chi connectivity index (χ2v) is 7.65. The molecule has 5 nitrogen and oxygen atoms in total. The lowest BCUT2D eigenvalue weighted by Crippen LogP contribution is -2.36. The smallest absolute Gasteiger partial charge is 0.249 e. The number of hydrogen-bond acceptors (Lipinski definition) is 5. The molecule has 0 bridgehead atoms. The van der Waals surface area contributed by atoms with Gasteiger partial charge in [0.1, 0.15) is 0 Å². The van der Waals surface area contributed by atoms with Crippen LogP contribution in [0.4, 0.5) is 5.00 Å². The lowest BCUT2D eigenvalue weighted by atomic mass is 9.97. The summed E-state index contributed by atoms with van der Waals surface area (Å²) in [5.74, 6) is -0.458. The van der Waals surface area contributed by atoms with E-state index < -0.39 is 5.91 Å². The van der Waals surface area contributed by atoms with Gasteiger partial charge in [-0.3, -0.25) is 9.59 Å². The molecule has 3 aromatic rings. The lowest BCUT2D eigenvalue weighted by Gasteiger charge is -2.28. The normalized spacial score (nSPS) is 14.1. The van der Waals surface area contributed by atoms with Crippen LogP contribution >= 0.6 is 11.3 Å². The fourth-order valence-corrected chi connectivity index (χ4v) is 4.47. The van der Waals surface area contributed by atoms with Crippen molar-refractivity contribution in [2.24, 2.45) is 5.73 Å². The Morgan fingerprint density at radius 2 is 1.71 bits per heavy atom. The number of carbonyl (C=O) groups excluding carboxylic acids is 1. The lowest BCUT2D eigenvalue weighted by molar-refractivity contribution is 0.100. The van der Waals surface area contributed by atoms with Gasteiger partial charge in [0.15, 0.2) is 5.43 Å². The molecule has 6 heteroatoms. The quantitative estimate of drug-likeness (QED) is 0.739. The highest BCUT2D eigenvalue weighted by atomic mass is 32.1. The van der Waals surface area contributed by atoms with Crippen molar-refractivity contribution in [1.29, 1.82) is 0 Å². The minimum Gasteiger partial charge on any atom is -0.378 e. The molecule has 0 unspecified atom stereocenters. The number of rotatable bonds is 4. The Kier molecular flexibility index (Phi) is 5.23. The molecular formula is C22H20N2O3S. The molecule has 2 aromatic carbocycles. The Bertz CT molecular complexity index is 1070. The van der Waals surface area contributed by atoms with E-state index in [0.717, 1.165) is 39.7 Å². The zero-order valence-corrected chi connectivity index (χ0v) is 16.1. The van der Waals surface area contributed by atoms with Crippen LogP contribution in [0.3, 0.4) is 0 Å². The number of amides is 1. The Morgan fingerprint density at radius 3 is 2.50 bits per heavy atom. The van der Waals surface area contributed by atoms with Crippen LogP contribution < -0.4 is 16.1 Å². The third-order valence-corrected chi connectivity index (χ3v) is 5.89. The number of hydrogen-bond donors (Lipinski definition) is 1. The number of nitrogens with two attached hydrogens (primary N) is 1. The van der Waals surface area contributed by atoms with Gasteiger partial charge in [0.25, 0.3) is 0 Å². The molecule has 1 fully saturated rings. The SMILES string of the molecule is NC(=O)c1ccccc1-c1cccc(-c2cc(=O)cc(N3CCOCC3)s2)c1. The van der Waals surface area contributed by atoms with E-state index in [1.807, 2.05) is 36.4 Å². The number of benzene rings is 2. The minimum absolute atomic E-state index is 0.0156. The predicted octanol–water partition coefficient (Wildman–Crippen LogP) is 3.38. The zero-order chi connectivity index (χ0) is 19.5. The van der Waals surface area contributed by atoms with E-state index in [2.05, 4.69) is 4.90 Å². The maximum atomic E-state index is 12.3. The monoisotopic (exact) mass is 392 g/mol. The first-order chi connectivity index (χ1) is 13.6. The first-order valence-electron chi connectivity index (χ1n) is 9.09. The van der Waals surface area contributed by atoms with Crippen LogP contribution in [-0.2, 0) is 4.74 Å². The molecule has 1 aromatic heterocycles. The van der Waals surface area contributed by atoms with E-state index in [4.69, 9.17) is 10.5 Å². The van der Waals surface area contributed by atoms with Gasteiger partial charge in [-0.15, -0.1) is 11.3 Å². The maximum absolute atomic E-state index is 12.3. The molecule has 0 radical (unpaired) electrons. The summed E-state index contributed by atoms with van der Waals surface area (Å²) >= 11 is 1.59. The van der Waals surface area contributed by atoms with Crippen molar-refractivity contribution in [2.75, 3.05) is 31.2 Å². The maximum Gasteiger partial charge on any atom is 0.249 e. The van der Waals surface area contributed by atoms with E-state index in [9.17, 15) is 9.59 Å². The minimum atomic E-state index is -0.458. The number of primary amides is 1. The van der Waals surface area contributed by atoms with Gasteiger partial charge in [-0.1, -0.05) is 36.4 Å². The first kappa shape index (κ1) is 18.4. The van der Waals surface area contributed by atoms with Gasteiger partial charge in [0, 0.05) is 35.7 Å². The van der Waals surface area contributed by atoms with Crippen LogP contribution in [0.25, 0.3) is 21.6 Å². The second-order valence-electron chi connectivity index (χ2n) is 6.59. The molecule has 2 heterocycles. The van der Waals surface area contributed by atoms with Gasteiger partial charge in [-0.2, -0.15) is 0 Å². The molecule has 1 saturated heterocycles. The van der Waals surface area contributed by atoms with Crippen molar-refractivity contribution in [3.05, 3.63) is 76.5 Å². The first-order valence-corrected chi connectivity index (χ1v) is 9.91. The molecule has 28 heavy (non-hydrogen) atoms. The Morgan fingerprint density at radius 1 is 0.964 bits per heavy atom. The molecule has 0 saturated carbocycles. The number of carbonyl (C=O) groups is 1. The standard InChI is InChI=1S/C22H20N2O3S/c23-22(26)19-7-2-1-6-18(19)15-4-3-5-16(12-15)20-13-17(25)14-21(28-20)24-8-10-27-11-9-24/h1-7,12-14H,8-11H2,(H2,23,26). The Labute approximate surface area is 167 Å². The van der Waals surface area contributed by atoms with Gasteiger partial charge in [-0.05, 0) is 28.8 Å². The van der Waals surface area contributed by atoms with Gasteiger partial charge in [0.2, 0.25) is 5.91 Å². The van der Waals surface area contributed by atoms with E-state index in [0.29, 0.717) is 18.8 Å². The molecule has 142 valence electrons. The fraction of sp³-hybridized carbons (Fsp3) is 0.182. The topological polar surface area (TPSA) is 72.6 Å². The number of nitrogens with zero attached hydrogens (tertiary/aromatic N) is 1. The van der Waals surface area contributed by atoms with Crippen molar-refractivity contribution in [3.8, 4) is 21.6 Å². The van der Waals surface area contributed by atoms with Gasteiger partial charge < -0.3 is 15.4 Å². The molecule has 4 rings (SSSR count). The molecule has 2 N–H and O–H groups in total. The van der Waals surface area contributed by atoms with Crippen molar-refractivity contribution in [3.63, 3.8) is 0 Å². The summed E-state index contributed by atoms with van der Waals surface area (Å²) in [5.41, 5.74) is 8.61. The van der Waals surface area contributed by atoms with Crippen molar-refractivity contribution in [1.82, 2.24) is 0 Å². The van der Waals surface area contributed by atoms with Gasteiger partial charge in [0.05, 0.1) is 18.2 Å². The predicted molar refractivity (Wildman–Crippen MR) is 113 cm³/mol. The third-order valence-electron chi connectivity index (χ3n) is 4.73. The Balaban J connectivity index is 1.75. The number of anilines is 1. The summed E-state index contributed by atoms with van der Waals surface area (Å²) < 4.78 is 5.41. The number of ether oxygens (including phenoxy) is 1. The summed E-state index contributed by atoms with van der Waals surface area (Å²) in [6, 6.07) is 18.5. The Hall–Kier alpha value is -2.96. The number of morpholine rings is 1. The largest absolute Gasteiger partial charge is 0.378 e. The fourth-order valence-electron chi connectivity index (χ4n) is 3.34. The molecule has 1 aliphatic rings. The van der Waals surface area contributed by atoms with E-state index >= 15 is 0 Å². The third kappa shape index (κ3) is 3.83. The summed E-state index contributed by atoms with van der Waals surface area (Å²) in [6.07, 6.45) is 0. The van der Waals surface area contributed by atoms with E-state index in [1.165, 1.54) is 0 Å². The molecule has 1 amide bonds. The zero-order valence-electron chi connectivity index (χ0n) is 15.3. The van der Waals surface area contributed by atoms with Crippen LogP contribution in [0.2, 0.25) is 0 Å². The van der Waals surface area contributed by atoms with Crippen molar-refractivity contribution in [2.45, 2.75) is 0 Å². The highest BCUT2D eigenvalue weighted by Crippen LogP contribution is 2.33. The summed E-state index contributed by atoms with van der Waals surface area (Å²) in [7, 11) is 0. The van der Waals surface area contributed by atoms with Crippen molar-refractivity contribution < 1.29 is 9.53 Å². The van der Waals surface area contributed by atoms with E-state index in [-0.39, 0.29) is 5.43 Å². The average Bonchev–Trinajstić information content (AvgIpc) is 2.74. The highest BCUT2D eigenvalue weighted by molar-refractivity contribution is 7.19. The molecular weight excluding hydrogens is 372 g/mol. The molecule has 0 aliphatic carbocycles. The van der Waals surface area contributed by atoms with E-state index in [1.54, 1.807) is 35.6 Å². The van der Waals surface area contributed by atoms with Gasteiger partial charge >= 0.3 is 0 Å². The summed E-state index contributed by atoms with van der Waals surface area (Å²) in [6.45, 7) is 2.91.